The molecule has 2 amide bonds. The molecule has 3 rings (SSSR count). The molecule has 2 atom stereocenters. The van der Waals surface area contributed by atoms with Crippen LogP contribution in [0.3, 0.4) is 0 Å². The molecule has 0 saturated heterocycles. The van der Waals surface area contributed by atoms with Crippen molar-refractivity contribution in [2.24, 2.45) is 0 Å². The molecule has 0 fully saturated rings. The third-order valence-electron chi connectivity index (χ3n) is 7.12. The van der Waals surface area contributed by atoms with Gasteiger partial charge < -0.3 is 10.2 Å². The number of hydrogen-bond acceptors (Lipinski definition) is 5. The SMILES string of the molecule is CC[C@H](C)NC(=O)[C@H](CC)N(CCc1ccccc1)C(=O)CN(c1ccc(C)cc1)S(=O)(=O)c1ccc(SC)cc1. The Kier molecular flexibility index (Phi) is 11.8. The summed E-state index contributed by atoms with van der Waals surface area (Å²) in [5, 5.41) is 3.01. The summed E-state index contributed by atoms with van der Waals surface area (Å²) in [4.78, 5) is 30.0. The summed E-state index contributed by atoms with van der Waals surface area (Å²) in [7, 11) is -4.09. The molecule has 7 nitrogen and oxygen atoms in total. The van der Waals surface area contributed by atoms with Crippen molar-refractivity contribution >= 4 is 39.3 Å². The number of rotatable bonds is 14. The van der Waals surface area contributed by atoms with E-state index in [4.69, 9.17) is 0 Å². The number of nitrogens with zero attached hydrogens (tertiary/aromatic N) is 2. The van der Waals surface area contributed by atoms with Crippen LogP contribution in [0.1, 0.15) is 44.7 Å². The Morgan fingerprint density at radius 2 is 1.54 bits per heavy atom. The third-order valence-corrected chi connectivity index (χ3v) is 9.65. The van der Waals surface area contributed by atoms with Crippen molar-refractivity contribution in [1.82, 2.24) is 10.2 Å². The number of benzene rings is 3. The van der Waals surface area contributed by atoms with E-state index in [2.05, 4.69) is 5.32 Å². The Labute approximate surface area is 249 Å². The minimum atomic E-state index is -4.09. The molecule has 0 bridgehead atoms. The molecule has 0 aliphatic carbocycles. The Morgan fingerprint density at radius 3 is 2.10 bits per heavy atom. The first-order valence-electron chi connectivity index (χ1n) is 14.0. The average Bonchev–Trinajstić information content (AvgIpc) is 2.98. The average molecular weight is 596 g/mol. The Hall–Kier alpha value is -3.30. The predicted octanol–water partition coefficient (Wildman–Crippen LogP) is 5.68. The van der Waals surface area contributed by atoms with Gasteiger partial charge in [0.05, 0.1) is 10.6 Å². The van der Waals surface area contributed by atoms with Crippen molar-refractivity contribution < 1.29 is 18.0 Å². The van der Waals surface area contributed by atoms with E-state index in [9.17, 15) is 18.0 Å². The van der Waals surface area contributed by atoms with Gasteiger partial charge in [-0.05, 0) is 81.3 Å². The largest absolute Gasteiger partial charge is 0.352 e. The lowest BCUT2D eigenvalue weighted by atomic mass is 10.1. The fourth-order valence-electron chi connectivity index (χ4n) is 4.45. The molecule has 0 unspecified atom stereocenters. The van der Waals surface area contributed by atoms with Crippen LogP contribution < -0.4 is 9.62 Å². The van der Waals surface area contributed by atoms with Gasteiger partial charge in [-0.15, -0.1) is 11.8 Å². The summed E-state index contributed by atoms with van der Waals surface area (Å²) < 4.78 is 29.1. The number of sulfonamides is 1. The lowest BCUT2D eigenvalue weighted by Crippen LogP contribution is -2.54. The number of aryl methyl sites for hydroxylation is 1. The van der Waals surface area contributed by atoms with Gasteiger partial charge >= 0.3 is 0 Å². The Morgan fingerprint density at radius 1 is 0.902 bits per heavy atom. The van der Waals surface area contributed by atoms with Crippen molar-refractivity contribution in [2.75, 3.05) is 23.7 Å². The fraction of sp³-hybridized carbons (Fsp3) is 0.375. The summed E-state index contributed by atoms with van der Waals surface area (Å²) in [6.45, 7) is 7.54. The standard InChI is InChI=1S/C32H41N3O4S2/c1-6-25(4)33-32(37)30(7-2)34(22-21-26-11-9-8-10-12-26)31(36)23-35(27-15-13-24(3)14-16-27)41(38,39)29-19-17-28(40-5)18-20-29/h8-20,25,30H,6-7,21-23H2,1-5H3,(H,33,37)/t25-,30-/m0/s1. The maximum absolute atomic E-state index is 14.1. The summed E-state index contributed by atoms with van der Waals surface area (Å²) in [6, 6.07) is 22.7. The van der Waals surface area contributed by atoms with Gasteiger partial charge in [-0.3, -0.25) is 13.9 Å². The van der Waals surface area contributed by atoms with Crippen LogP contribution in [0.15, 0.2) is 88.7 Å². The zero-order valence-corrected chi connectivity index (χ0v) is 26.2. The monoisotopic (exact) mass is 595 g/mol. The molecule has 220 valence electrons. The minimum Gasteiger partial charge on any atom is -0.352 e. The molecule has 0 spiro atoms. The first-order valence-corrected chi connectivity index (χ1v) is 16.6. The van der Waals surface area contributed by atoms with Gasteiger partial charge in [0.2, 0.25) is 11.8 Å². The number of nitrogens with one attached hydrogen (secondary N) is 1. The molecule has 1 N–H and O–H groups in total. The van der Waals surface area contributed by atoms with E-state index in [0.717, 1.165) is 26.7 Å². The van der Waals surface area contributed by atoms with Crippen LogP contribution in [0.2, 0.25) is 0 Å². The van der Waals surface area contributed by atoms with Crippen LogP contribution in [-0.4, -0.2) is 56.6 Å². The number of carbonyl (C=O) groups is 2. The topological polar surface area (TPSA) is 86.8 Å². The molecular weight excluding hydrogens is 555 g/mol. The highest BCUT2D eigenvalue weighted by atomic mass is 32.2. The summed E-state index contributed by atoms with van der Waals surface area (Å²) in [6.07, 6.45) is 3.62. The number of thioether (sulfide) groups is 1. The molecule has 41 heavy (non-hydrogen) atoms. The van der Waals surface area contributed by atoms with Crippen molar-refractivity contribution in [2.45, 2.75) is 68.8 Å². The van der Waals surface area contributed by atoms with Gasteiger partial charge in [0.15, 0.2) is 0 Å². The van der Waals surface area contributed by atoms with E-state index >= 15 is 0 Å². The highest BCUT2D eigenvalue weighted by Gasteiger charge is 2.33. The zero-order valence-electron chi connectivity index (χ0n) is 24.5. The van der Waals surface area contributed by atoms with E-state index in [1.165, 1.54) is 16.7 Å². The molecule has 0 aromatic heterocycles. The first kappa shape index (κ1) is 32.2. The molecule has 0 heterocycles. The Balaban J connectivity index is 2.00. The highest BCUT2D eigenvalue weighted by molar-refractivity contribution is 7.98. The van der Waals surface area contributed by atoms with Crippen LogP contribution >= 0.6 is 11.8 Å². The first-order chi connectivity index (χ1) is 19.6. The van der Waals surface area contributed by atoms with Gasteiger partial charge in [-0.2, -0.15) is 0 Å². The van der Waals surface area contributed by atoms with Crippen LogP contribution in [0.25, 0.3) is 0 Å². The van der Waals surface area contributed by atoms with E-state index in [0.29, 0.717) is 18.5 Å². The number of anilines is 1. The molecule has 0 saturated carbocycles. The normalized spacial score (nSPS) is 12.8. The quantitative estimate of drug-likeness (QED) is 0.243. The maximum atomic E-state index is 14.1. The number of hydrogen-bond donors (Lipinski definition) is 1. The van der Waals surface area contributed by atoms with Gasteiger partial charge in [-0.1, -0.05) is 61.9 Å². The second-order valence-electron chi connectivity index (χ2n) is 10.1. The molecule has 0 radical (unpaired) electrons. The smallest absolute Gasteiger partial charge is 0.264 e. The van der Waals surface area contributed by atoms with Crippen LogP contribution in [0, 0.1) is 6.92 Å². The third kappa shape index (κ3) is 8.60. The van der Waals surface area contributed by atoms with E-state index in [1.807, 2.05) is 76.4 Å². The maximum Gasteiger partial charge on any atom is 0.264 e. The predicted molar refractivity (Wildman–Crippen MR) is 168 cm³/mol. The zero-order chi connectivity index (χ0) is 30.0. The van der Waals surface area contributed by atoms with E-state index in [-0.39, 0.29) is 23.4 Å². The fourth-order valence-corrected chi connectivity index (χ4v) is 6.27. The van der Waals surface area contributed by atoms with Gasteiger partial charge in [0, 0.05) is 17.5 Å². The van der Waals surface area contributed by atoms with Crippen LogP contribution in [0.5, 0.6) is 0 Å². The molecule has 0 aliphatic heterocycles. The van der Waals surface area contributed by atoms with Gasteiger partial charge in [0.1, 0.15) is 12.6 Å². The molecule has 9 heteroatoms. The van der Waals surface area contributed by atoms with E-state index < -0.39 is 28.5 Å². The summed E-state index contributed by atoms with van der Waals surface area (Å²) in [5.41, 5.74) is 2.39. The second-order valence-corrected chi connectivity index (χ2v) is 12.8. The van der Waals surface area contributed by atoms with E-state index in [1.54, 1.807) is 36.4 Å². The van der Waals surface area contributed by atoms with Crippen molar-refractivity contribution in [3.63, 3.8) is 0 Å². The van der Waals surface area contributed by atoms with Crippen LogP contribution in [-0.2, 0) is 26.0 Å². The number of carbonyl (C=O) groups excluding carboxylic acids is 2. The lowest BCUT2D eigenvalue weighted by Gasteiger charge is -2.33. The molecule has 3 aromatic carbocycles. The molecule has 0 aliphatic rings. The summed E-state index contributed by atoms with van der Waals surface area (Å²) >= 11 is 1.52. The van der Waals surface area contributed by atoms with Gasteiger partial charge in [0.25, 0.3) is 10.0 Å². The summed E-state index contributed by atoms with van der Waals surface area (Å²) in [5.74, 6) is -0.669. The highest BCUT2D eigenvalue weighted by Crippen LogP contribution is 2.26. The molecular formula is C32H41N3O4S2. The van der Waals surface area contributed by atoms with Crippen molar-refractivity contribution in [1.29, 1.82) is 0 Å². The Bertz CT molecular complexity index is 1380. The minimum absolute atomic E-state index is 0.0451. The molecule has 3 aromatic rings. The van der Waals surface area contributed by atoms with Gasteiger partial charge in [-0.25, -0.2) is 8.42 Å². The number of amides is 2. The van der Waals surface area contributed by atoms with Crippen molar-refractivity contribution in [3.8, 4) is 0 Å². The lowest BCUT2D eigenvalue weighted by molar-refractivity contribution is -0.139. The van der Waals surface area contributed by atoms with Crippen LogP contribution in [0.4, 0.5) is 5.69 Å². The van der Waals surface area contributed by atoms with Crippen molar-refractivity contribution in [3.05, 3.63) is 90.0 Å². The second kappa shape index (κ2) is 15.1.